The van der Waals surface area contributed by atoms with Crippen LogP contribution < -0.4 is 22.0 Å². The number of rotatable bonds is 0. The molecule has 1 aliphatic heterocycles. The van der Waals surface area contributed by atoms with E-state index in [0.29, 0.717) is 0 Å². The molecular formula is C32H4F16N8. The van der Waals surface area contributed by atoms with E-state index in [2.05, 4.69) is 20.0 Å². The van der Waals surface area contributed by atoms with Crippen LogP contribution in [0.15, 0.2) is 20.0 Å². The minimum Gasteiger partial charge on any atom is -0.324 e. The zero-order valence-electron chi connectivity index (χ0n) is 25.8. The van der Waals surface area contributed by atoms with E-state index in [1.807, 2.05) is 19.9 Å². The molecule has 0 aliphatic carbocycles. The number of aromatic nitrogens is 4. The maximum Gasteiger partial charge on any atom is 0.198 e. The monoisotopic (exact) mass is 804 g/mol. The van der Waals surface area contributed by atoms with Crippen LogP contribution in [-0.2, 0) is 0 Å². The normalized spacial score (nSPS) is 15.3. The van der Waals surface area contributed by atoms with E-state index in [0.717, 1.165) is 0 Å². The summed E-state index contributed by atoms with van der Waals surface area (Å²) in [5.74, 6) is -43.2. The van der Waals surface area contributed by atoms with Crippen LogP contribution in [0.1, 0.15) is 0 Å². The first-order valence-electron chi connectivity index (χ1n) is 14.8. The van der Waals surface area contributed by atoms with Crippen LogP contribution in [0.2, 0.25) is 0 Å². The van der Waals surface area contributed by atoms with Gasteiger partial charge in [-0.3, -0.25) is 0 Å². The van der Waals surface area contributed by atoms with E-state index in [1.165, 1.54) is 0 Å². The first-order valence-corrected chi connectivity index (χ1v) is 14.8. The van der Waals surface area contributed by atoms with Crippen molar-refractivity contribution in [1.29, 1.82) is 0 Å². The van der Waals surface area contributed by atoms with Crippen molar-refractivity contribution in [2.24, 2.45) is 20.0 Å². The standard InChI is InChI=1S/C32H4F16N8/c33-9-1-2(10(34)18(42)17(9)41)26-49-25(1)53-27-3-4(12(36)20(44)19(43)11(3)35)29(50-27)55-31-7-8(16(40)24(48)23(47)15(7)39)32(52-31)56-30-6-5(28(51-30)54-26)13(37)21(45)22(46)14(6)38/h(H4,49,50,51,52,53,54,55,56). The number of H-pyrrole nitrogens is 4. The van der Waals surface area contributed by atoms with Crippen LogP contribution in [-0.4, -0.2) is 19.9 Å². The van der Waals surface area contributed by atoms with Crippen LogP contribution in [0.5, 0.6) is 0 Å². The van der Waals surface area contributed by atoms with Crippen LogP contribution in [0.25, 0.3) is 43.1 Å². The summed E-state index contributed by atoms with van der Waals surface area (Å²) < 4.78 is 240. The van der Waals surface area contributed by atoms with E-state index < -0.39 is 181 Å². The predicted octanol–water partition coefficient (Wildman–Crippen LogP) is 7.96. The quantitative estimate of drug-likeness (QED) is 0.0678. The van der Waals surface area contributed by atoms with Crippen molar-refractivity contribution in [3.63, 3.8) is 0 Å². The first kappa shape index (κ1) is 34.9. The summed E-state index contributed by atoms with van der Waals surface area (Å²) in [4.78, 5) is 22.7. The topological polar surface area (TPSA) is 113 Å². The molecule has 4 N–H and O–H groups in total. The molecule has 8 nitrogen and oxygen atoms in total. The number of hydrogen-bond acceptors (Lipinski definition) is 4. The second kappa shape index (κ2) is 11.3. The lowest BCUT2D eigenvalue weighted by Crippen LogP contribution is -2.11. The van der Waals surface area contributed by atoms with Crippen LogP contribution >= 0.6 is 0 Å². The van der Waals surface area contributed by atoms with Gasteiger partial charge in [0.2, 0.25) is 0 Å². The van der Waals surface area contributed by atoms with Gasteiger partial charge in [-0.2, -0.15) is 0 Å². The fourth-order valence-electron chi connectivity index (χ4n) is 6.37. The van der Waals surface area contributed by atoms with E-state index in [1.54, 1.807) is 0 Å². The number of halogens is 16. The Labute approximate surface area is 291 Å². The van der Waals surface area contributed by atoms with Gasteiger partial charge in [0, 0.05) is 0 Å². The lowest BCUT2D eigenvalue weighted by atomic mass is 10.1. The van der Waals surface area contributed by atoms with Gasteiger partial charge in [-0.15, -0.1) is 0 Å². The van der Waals surface area contributed by atoms with Crippen molar-refractivity contribution in [3.8, 4) is 0 Å². The molecule has 0 atom stereocenters. The molecule has 0 saturated carbocycles. The molecule has 1 aliphatic rings. The Morgan fingerprint density at radius 2 is 0.357 bits per heavy atom. The maximum absolute atomic E-state index is 15.4. The molecule has 9 rings (SSSR count). The Morgan fingerprint density at radius 1 is 0.196 bits per heavy atom. The molecule has 0 radical (unpaired) electrons. The summed E-state index contributed by atoms with van der Waals surface area (Å²) in [6, 6.07) is 0. The molecule has 5 heterocycles. The van der Waals surface area contributed by atoms with Crippen molar-refractivity contribution in [1.82, 2.24) is 19.9 Å². The lowest BCUT2D eigenvalue weighted by molar-refractivity contribution is 0.418. The summed E-state index contributed by atoms with van der Waals surface area (Å²) in [6.07, 6.45) is 0. The van der Waals surface area contributed by atoms with Crippen LogP contribution in [0, 0.1) is 93.1 Å². The average molecular weight is 804 g/mol. The molecule has 4 aromatic carbocycles. The lowest BCUT2D eigenvalue weighted by Gasteiger charge is -2.02. The summed E-state index contributed by atoms with van der Waals surface area (Å²) in [6.45, 7) is 0. The highest BCUT2D eigenvalue weighted by Crippen LogP contribution is 2.42. The predicted molar refractivity (Wildman–Crippen MR) is 156 cm³/mol. The summed E-state index contributed by atoms with van der Waals surface area (Å²) in [7, 11) is 0. The summed E-state index contributed by atoms with van der Waals surface area (Å²) in [5, 5.41) is -11.4. The van der Waals surface area contributed by atoms with Crippen molar-refractivity contribution >= 4 is 66.4 Å². The Balaban J connectivity index is 1.62. The highest BCUT2D eigenvalue weighted by atomic mass is 19.2. The molecule has 284 valence electrons. The third-order valence-corrected chi connectivity index (χ3v) is 8.80. The van der Waals surface area contributed by atoms with E-state index >= 15 is 35.1 Å². The molecule has 0 fully saturated rings. The fraction of sp³-hybridized carbons (Fsp3) is 0. The number of aromatic amines is 4. The Morgan fingerprint density at radius 3 is 0.536 bits per heavy atom. The van der Waals surface area contributed by atoms with Gasteiger partial charge in [0.1, 0.15) is 45.2 Å². The van der Waals surface area contributed by atoms with Gasteiger partial charge in [-0.25, -0.2) is 90.2 Å². The van der Waals surface area contributed by atoms with Gasteiger partial charge in [0.25, 0.3) is 0 Å². The number of benzene rings is 4. The van der Waals surface area contributed by atoms with E-state index in [-0.39, 0.29) is 0 Å². The smallest absolute Gasteiger partial charge is 0.198 e. The molecule has 56 heavy (non-hydrogen) atoms. The minimum atomic E-state index is -2.51. The third kappa shape index (κ3) is 4.27. The van der Waals surface area contributed by atoms with E-state index in [9.17, 15) is 35.1 Å². The number of nitrogens with one attached hydrogen (secondary N) is 4. The van der Waals surface area contributed by atoms with Crippen molar-refractivity contribution in [3.05, 3.63) is 115 Å². The molecule has 4 aromatic heterocycles. The molecule has 24 heteroatoms. The fourth-order valence-corrected chi connectivity index (χ4v) is 6.37. The van der Waals surface area contributed by atoms with Gasteiger partial charge in [-0.05, 0) is 0 Å². The van der Waals surface area contributed by atoms with Crippen LogP contribution in [0.3, 0.4) is 0 Å². The van der Waals surface area contributed by atoms with Gasteiger partial charge in [0.15, 0.2) is 93.1 Å². The molecule has 0 amide bonds. The SMILES string of the molecule is Fc1c(F)c(F)c2c3[nH]c(c2c1F)/N=c1\[nH]/c(c2c(F)c(F)c(F)c(F)c12)=N\c1[nH]c(c2c(F)c(F)c(F)c(F)c12)/N=c1\[nH]/c(c2c(F)c(F)c(F)c(F)c12)=N\3. The Kier molecular flexibility index (Phi) is 7.05. The average Bonchev–Trinajstić information content (AvgIpc) is 3.92. The molecule has 8 bridgehead atoms. The number of nitrogens with zero attached hydrogens (tertiary/aromatic N) is 4. The largest absolute Gasteiger partial charge is 0.324 e. The third-order valence-electron chi connectivity index (χ3n) is 8.80. The number of fused-ring (bicyclic) bond motifs is 20. The molecule has 0 unspecified atom stereocenters. The molecule has 0 spiro atoms. The molecular weight excluding hydrogens is 800 g/mol. The maximum atomic E-state index is 15.4. The van der Waals surface area contributed by atoms with Gasteiger partial charge >= 0.3 is 0 Å². The van der Waals surface area contributed by atoms with Gasteiger partial charge in [-0.1, -0.05) is 0 Å². The van der Waals surface area contributed by atoms with E-state index in [4.69, 9.17) is 0 Å². The highest BCUT2D eigenvalue weighted by Gasteiger charge is 2.32. The second-order valence-electron chi connectivity index (χ2n) is 11.8. The molecule has 8 aromatic rings. The Bertz CT molecular complexity index is 3010. The second-order valence-corrected chi connectivity index (χ2v) is 11.8. The van der Waals surface area contributed by atoms with Crippen molar-refractivity contribution in [2.75, 3.05) is 0 Å². The number of hydrogen-bond donors (Lipinski definition) is 4. The zero-order valence-corrected chi connectivity index (χ0v) is 25.8. The first-order chi connectivity index (χ1) is 26.4. The summed E-state index contributed by atoms with van der Waals surface area (Å²) >= 11 is 0. The molecule has 0 saturated heterocycles. The van der Waals surface area contributed by atoms with Crippen molar-refractivity contribution < 1.29 is 70.2 Å². The Hall–Kier alpha value is -6.88. The highest BCUT2D eigenvalue weighted by molar-refractivity contribution is 6.02. The minimum absolute atomic E-state index is 1.25. The zero-order chi connectivity index (χ0) is 40.1. The van der Waals surface area contributed by atoms with Gasteiger partial charge < -0.3 is 19.9 Å². The van der Waals surface area contributed by atoms with Gasteiger partial charge in [0.05, 0.1) is 43.1 Å². The van der Waals surface area contributed by atoms with Crippen molar-refractivity contribution in [2.45, 2.75) is 0 Å². The van der Waals surface area contributed by atoms with Crippen LogP contribution in [0.4, 0.5) is 93.5 Å². The summed E-state index contributed by atoms with van der Waals surface area (Å²) in [5.41, 5.74) is -4.99.